The van der Waals surface area contributed by atoms with E-state index in [1.165, 1.54) is 67.3 Å². The molecule has 0 atom stereocenters. The molecule has 1 saturated heterocycles. The molecular weight excluding hydrogens is 378 g/mol. The van der Waals surface area contributed by atoms with Crippen LogP contribution in [0.4, 0.5) is 16.5 Å². The molecule has 8 heteroatoms. The minimum atomic E-state index is -0.0191. The molecule has 0 unspecified atom stereocenters. The number of carbonyl (C=O) groups excluding carboxylic acids is 1. The van der Waals surface area contributed by atoms with E-state index in [1.54, 1.807) is 0 Å². The molecule has 2 N–H and O–H groups in total. The van der Waals surface area contributed by atoms with E-state index in [-0.39, 0.29) is 5.91 Å². The number of nitrogens with zero attached hydrogens (tertiary/aromatic N) is 3. The number of hydrogen-bond acceptors (Lipinski definition) is 7. The van der Waals surface area contributed by atoms with E-state index in [0.29, 0.717) is 11.8 Å². The van der Waals surface area contributed by atoms with Crippen LogP contribution in [0.1, 0.15) is 38.5 Å². The van der Waals surface area contributed by atoms with Gasteiger partial charge in [-0.1, -0.05) is 35.9 Å². The predicted octanol–water partition coefficient (Wildman–Crippen LogP) is 4.22. The SMILES string of the molecule is O=C(CSc1nnc(NC2CC2)s1)Nc1ccc(N2CCCCCC2)cc1. The zero-order valence-corrected chi connectivity index (χ0v) is 17.0. The normalized spacial score (nSPS) is 17.4. The van der Waals surface area contributed by atoms with Crippen molar-refractivity contribution in [3.63, 3.8) is 0 Å². The van der Waals surface area contributed by atoms with Gasteiger partial charge in [-0.15, -0.1) is 10.2 Å². The molecule has 0 spiro atoms. The molecule has 1 amide bonds. The molecule has 1 aromatic carbocycles. The average molecular weight is 404 g/mol. The first-order valence-corrected chi connectivity index (χ1v) is 11.4. The first-order valence-electron chi connectivity index (χ1n) is 9.64. The molecule has 1 aliphatic heterocycles. The molecule has 6 nitrogen and oxygen atoms in total. The zero-order valence-electron chi connectivity index (χ0n) is 15.3. The van der Waals surface area contributed by atoms with E-state index in [1.807, 2.05) is 12.1 Å². The highest BCUT2D eigenvalue weighted by atomic mass is 32.2. The van der Waals surface area contributed by atoms with Crippen molar-refractivity contribution >= 4 is 45.5 Å². The third kappa shape index (κ3) is 5.59. The van der Waals surface area contributed by atoms with Crippen molar-refractivity contribution in [2.24, 2.45) is 0 Å². The number of aromatic nitrogens is 2. The standard InChI is InChI=1S/C19H25N5OS2/c25-17(13-26-19-23-22-18(27-19)21-15-5-6-15)20-14-7-9-16(10-8-14)24-11-3-1-2-4-12-24/h7-10,15H,1-6,11-13H2,(H,20,25)(H,21,22). The summed E-state index contributed by atoms with van der Waals surface area (Å²) in [6.45, 7) is 2.25. The second-order valence-electron chi connectivity index (χ2n) is 7.08. The van der Waals surface area contributed by atoms with Gasteiger partial charge in [-0.3, -0.25) is 4.79 Å². The van der Waals surface area contributed by atoms with Crippen molar-refractivity contribution in [3.05, 3.63) is 24.3 Å². The lowest BCUT2D eigenvalue weighted by molar-refractivity contribution is -0.113. The van der Waals surface area contributed by atoms with Crippen LogP contribution in [0.5, 0.6) is 0 Å². The summed E-state index contributed by atoms with van der Waals surface area (Å²) in [5.74, 6) is 0.320. The lowest BCUT2D eigenvalue weighted by Gasteiger charge is -2.22. The van der Waals surface area contributed by atoms with Crippen molar-refractivity contribution in [1.82, 2.24) is 10.2 Å². The molecule has 0 bridgehead atoms. The van der Waals surface area contributed by atoms with Crippen LogP contribution in [0.3, 0.4) is 0 Å². The largest absolute Gasteiger partial charge is 0.372 e. The fourth-order valence-corrected chi connectivity index (χ4v) is 4.77. The number of anilines is 3. The molecule has 2 fully saturated rings. The van der Waals surface area contributed by atoms with Crippen LogP contribution in [0.15, 0.2) is 28.6 Å². The highest BCUT2D eigenvalue weighted by Gasteiger charge is 2.22. The van der Waals surface area contributed by atoms with Crippen LogP contribution in [-0.4, -0.2) is 41.0 Å². The Kier molecular flexibility index (Phi) is 6.14. The topological polar surface area (TPSA) is 70.1 Å². The van der Waals surface area contributed by atoms with Crippen molar-refractivity contribution in [2.45, 2.75) is 48.9 Å². The van der Waals surface area contributed by atoms with Gasteiger partial charge in [0.15, 0.2) is 4.34 Å². The number of thioether (sulfide) groups is 1. The van der Waals surface area contributed by atoms with E-state index in [4.69, 9.17) is 0 Å². The number of hydrogen-bond donors (Lipinski definition) is 2. The summed E-state index contributed by atoms with van der Waals surface area (Å²) in [6.07, 6.45) is 7.60. The minimum Gasteiger partial charge on any atom is -0.372 e. The summed E-state index contributed by atoms with van der Waals surface area (Å²) < 4.78 is 0.824. The van der Waals surface area contributed by atoms with Crippen molar-refractivity contribution in [3.8, 4) is 0 Å². The maximum absolute atomic E-state index is 12.2. The van der Waals surface area contributed by atoms with E-state index in [2.05, 4.69) is 37.9 Å². The van der Waals surface area contributed by atoms with E-state index in [9.17, 15) is 4.79 Å². The van der Waals surface area contributed by atoms with Crippen LogP contribution >= 0.6 is 23.1 Å². The molecule has 2 heterocycles. The Morgan fingerprint density at radius 1 is 1.11 bits per heavy atom. The third-order valence-electron chi connectivity index (χ3n) is 4.76. The highest BCUT2D eigenvalue weighted by Crippen LogP contribution is 2.30. The Balaban J connectivity index is 1.24. The zero-order chi connectivity index (χ0) is 18.5. The van der Waals surface area contributed by atoms with Gasteiger partial charge in [0.05, 0.1) is 5.75 Å². The monoisotopic (exact) mass is 403 g/mol. The van der Waals surface area contributed by atoms with E-state index in [0.717, 1.165) is 28.2 Å². The predicted molar refractivity (Wildman–Crippen MR) is 113 cm³/mol. The molecule has 1 saturated carbocycles. The minimum absolute atomic E-state index is 0.0191. The van der Waals surface area contributed by atoms with Gasteiger partial charge in [0.2, 0.25) is 11.0 Å². The molecule has 0 radical (unpaired) electrons. The number of amides is 1. The molecule has 144 valence electrons. The van der Waals surface area contributed by atoms with Crippen LogP contribution in [-0.2, 0) is 4.79 Å². The first-order chi connectivity index (χ1) is 13.3. The van der Waals surface area contributed by atoms with Gasteiger partial charge in [0, 0.05) is 30.5 Å². The summed E-state index contributed by atoms with van der Waals surface area (Å²) >= 11 is 2.94. The fraction of sp³-hybridized carbons (Fsp3) is 0.526. The van der Waals surface area contributed by atoms with Gasteiger partial charge in [-0.25, -0.2) is 0 Å². The van der Waals surface area contributed by atoms with Crippen LogP contribution in [0.2, 0.25) is 0 Å². The Hall–Kier alpha value is -1.80. The van der Waals surface area contributed by atoms with Crippen LogP contribution in [0, 0.1) is 0 Å². The highest BCUT2D eigenvalue weighted by molar-refractivity contribution is 8.01. The summed E-state index contributed by atoms with van der Waals surface area (Å²) in [4.78, 5) is 14.7. The molecule has 4 rings (SSSR count). The Labute approximate surface area is 168 Å². The molecular formula is C19H25N5OS2. The Bertz CT molecular complexity index is 752. The van der Waals surface area contributed by atoms with Crippen molar-refractivity contribution in [1.29, 1.82) is 0 Å². The molecule has 1 aromatic heterocycles. The maximum atomic E-state index is 12.2. The number of nitrogens with one attached hydrogen (secondary N) is 2. The van der Waals surface area contributed by atoms with Crippen LogP contribution in [0.25, 0.3) is 0 Å². The lowest BCUT2D eigenvalue weighted by Crippen LogP contribution is -2.23. The summed E-state index contributed by atoms with van der Waals surface area (Å²) in [5, 5.41) is 15.4. The Morgan fingerprint density at radius 3 is 2.56 bits per heavy atom. The van der Waals surface area contributed by atoms with Gasteiger partial charge in [-0.05, 0) is 49.9 Å². The van der Waals surface area contributed by atoms with E-state index < -0.39 is 0 Å². The second kappa shape index (κ2) is 8.93. The average Bonchev–Trinajstić information content (AvgIpc) is 3.44. The van der Waals surface area contributed by atoms with Gasteiger partial charge >= 0.3 is 0 Å². The number of benzene rings is 1. The molecule has 27 heavy (non-hydrogen) atoms. The molecule has 2 aliphatic rings. The van der Waals surface area contributed by atoms with Gasteiger partial charge in [0.1, 0.15) is 0 Å². The Morgan fingerprint density at radius 2 is 1.85 bits per heavy atom. The summed E-state index contributed by atoms with van der Waals surface area (Å²) in [5.41, 5.74) is 2.08. The maximum Gasteiger partial charge on any atom is 0.234 e. The van der Waals surface area contributed by atoms with Crippen LogP contribution < -0.4 is 15.5 Å². The van der Waals surface area contributed by atoms with Gasteiger partial charge in [-0.2, -0.15) is 0 Å². The third-order valence-corrected chi connectivity index (χ3v) is 6.75. The van der Waals surface area contributed by atoms with Crippen molar-refractivity contribution in [2.75, 3.05) is 34.4 Å². The number of carbonyl (C=O) groups is 1. The summed E-state index contributed by atoms with van der Waals surface area (Å²) in [7, 11) is 0. The second-order valence-corrected chi connectivity index (χ2v) is 9.28. The molecule has 2 aromatic rings. The fourth-order valence-electron chi connectivity index (χ4n) is 3.14. The lowest BCUT2D eigenvalue weighted by atomic mass is 10.2. The number of rotatable bonds is 7. The summed E-state index contributed by atoms with van der Waals surface area (Å²) in [6, 6.07) is 8.76. The smallest absolute Gasteiger partial charge is 0.234 e. The van der Waals surface area contributed by atoms with Gasteiger partial charge < -0.3 is 15.5 Å². The van der Waals surface area contributed by atoms with E-state index >= 15 is 0 Å². The first kappa shape index (κ1) is 18.6. The molecule has 1 aliphatic carbocycles. The van der Waals surface area contributed by atoms with Crippen molar-refractivity contribution < 1.29 is 4.79 Å². The quantitative estimate of drug-likeness (QED) is 0.675. The van der Waals surface area contributed by atoms with Gasteiger partial charge in [0.25, 0.3) is 0 Å².